The van der Waals surface area contributed by atoms with Crippen molar-refractivity contribution in [3.63, 3.8) is 0 Å². The zero-order valence-electron chi connectivity index (χ0n) is 21.3. The van der Waals surface area contributed by atoms with Gasteiger partial charge in [-0.25, -0.2) is 9.59 Å². The monoisotopic (exact) mass is 499 g/mol. The highest BCUT2D eigenvalue weighted by atomic mass is 16.6. The number of ether oxygens (including phenoxy) is 2. The van der Waals surface area contributed by atoms with Gasteiger partial charge >= 0.3 is 11.9 Å². The van der Waals surface area contributed by atoms with Gasteiger partial charge in [-0.2, -0.15) is 0 Å². The summed E-state index contributed by atoms with van der Waals surface area (Å²) in [5, 5.41) is 0. The van der Waals surface area contributed by atoms with Crippen molar-refractivity contribution in [1.82, 2.24) is 4.90 Å². The number of hydrogen-bond donors (Lipinski definition) is 0. The molecule has 0 aromatic heterocycles. The third-order valence-electron chi connectivity index (χ3n) is 6.81. The van der Waals surface area contributed by atoms with Crippen molar-refractivity contribution in [3.05, 3.63) is 108 Å². The van der Waals surface area contributed by atoms with Crippen molar-refractivity contribution in [3.8, 4) is 0 Å². The second kappa shape index (κ2) is 12.5. The van der Waals surface area contributed by atoms with E-state index in [1.165, 1.54) is 6.92 Å². The van der Waals surface area contributed by atoms with Crippen molar-refractivity contribution >= 4 is 17.7 Å². The Morgan fingerprint density at radius 2 is 1.24 bits per heavy atom. The van der Waals surface area contributed by atoms with Gasteiger partial charge < -0.3 is 14.3 Å². The number of carbonyl (C=O) groups excluding carboxylic acids is 3. The number of ketones is 1. The second-order valence-corrected chi connectivity index (χ2v) is 9.53. The number of esters is 2. The number of piperidine rings is 1. The summed E-state index contributed by atoms with van der Waals surface area (Å²) in [6.45, 7) is 4.74. The largest absolute Gasteiger partial charge is 0.454 e. The predicted molar refractivity (Wildman–Crippen MR) is 141 cm³/mol. The SMILES string of the molecule is CC[C@@H]1[C@@H](OC(=O)c2ccccc2)[C@H](OC(=O)c2ccccc2)[C@@H](CC(C)=O)CN1Cc1ccccc1. The molecule has 0 saturated carbocycles. The Bertz CT molecular complexity index is 1180. The number of hydrogen-bond acceptors (Lipinski definition) is 6. The fourth-order valence-electron chi connectivity index (χ4n) is 5.12. The summed E-state index contributed by atoms with van der Waals surface area (Å²) >= 11 is 0. The van der Waals surface area contributed by atoms with Gasteiger partial charge in [-0.15, -0.1) is 0 Å². The molecule has 0 aliphatic carbocycles. The first kappa shape index (κ1) is 26.3. The van der Waals surface area contributed by atoms with E-state index < -0.39 is 24.1 Å². The maximum absolute atomic E-state index is 13.2. The van der Waals surface area contributed by atoms with Crippen LogP contribution in [-0.2, 0) is 20.8 Å². The van der Waals surface area contributed by atoms with Crippen molar-refractivity contribution in [2.24, 2.45) is 5.92 Å². The van der Waals surface area contributed by atoms with Crippen LogP contribution in [0.25, 0.3) is 0 Å². The molecule has 0 N–H and O–H groups in total. The Hall–Kier alpha value is -3.77. The van der Waals surface area contributed by atoms with Crippen LogP contribution < -0.4 is 0 Å². The molecule has 0 spiro atoms. The molecule has 37 heavy (non-hydrogen) atoms. The van der Waals surface area contributed by atoms with Crippen LogP contribution in [0, 0.1) is 5.92 Å². The summed E-state index contributed by atoms with van der Waals surface area (Å²) in [6, 6.07) is 27.4. The Morgan fingerprint density at radius 3 is 1.73 bits per heavy atom. The molecule has 1 aliphatic heterocycles. The summed E-state index contributed by atoms with van der Waals surface area (Å²) in [7, 11) is 0. The van der Waals surface area contributed by atoms with Crippen molar-refractivity contribution < 1.29 is 23.9 Å². The first-order chi connectivity index (χ1) is 18.0. The number of benzene rings is 3. The van der Waals surface area contributed by atoms with Gasteiger partial charge in [0, 0.05) is 25.4 Å². The normalized spacial score (nSPS) is 21.7. The van der Waals surface area contributed by atoms with Crippen LogP contribution in [-0.4, -0.2) is 47.4 Å². The number of rotatable bonds is 9. The minimum absolute atomic E-state index is 0.00601. The standard InChI is InChI=1S/C31H33NO5/c1-3-27-29(37-31(35)25-17-11-6-12-18-25)28(36-30(34)24-15-9-5-10-16-24)26(19-22(2)33)21-32(27)20-23-13-7-4-8-14-23/h4-18,26-29H,3,19-21H2,1-2H3/t26-,27+,28+,29+/m0/s1. The summed E-state index contributed by atoms with van der Waals surface area (Å²) in [5.41, 5.74) is 1.96. The van der Waals surface area contributed by atoms with Crippen molar-refractivity contribution in [2.75, 3.05) is 6.54 Å². The molecular weight excluding hydrogens is 466 g/mol. The molecule has 6 heteroatoms. The van der Waals surface area contributed by atoms with Crippen LogP contribution in [0.1, 0.15) is 53.0 Å². The van der Waals surface area contributed by atoms with Gasteiger partial charge in [0.15, 0.2) is 6.10 Å². The predicted octanol–water partition coefficient (Wildman–Crippen LogP) is 5.33. The molecule has 192 valence electrons. The molecule has 3 aromatic rings. The van der Waals surface area contributed by atoms with Gasteiger partial charge in [-0.05, 0) is 43.2 Å². The maximum atomic E-state index is 13.2. The number of likely N-dealkylation sites (tertiary alicyclic amines) is 1. The van der Waals surface area contributed by atoms with E-state index in [2.05, 4.69) is 17.0 Å². The van der Waals surface area contributed by atoms with Crippen molar-refractivity contribution in [2.45, 2.75) is 51.5 Å². The summed E-state index contributed by atoms with van der Waals surface area (Å²) < 4.78 is 12.2. The fraction of sp³-hybridized carbons (Fsp3) is 0.323. The van der Waals surface area contributed by atoms with E-state index in [1.807, 2.05) is 37.3 Å². The molecule has 4 atom stereocenters. The highest BCUT2D eigenvalue weighted by Crippen LogP contribution is 2.34. The van der Waals surface area contributed by atoms with Gasteiger partial charge in [-0.3, -0.25) is 4.90 Å². The highest BCUT2D eigenvalue weighted by molar-refractivity contribution is 5.90. The summed E-state index contributed by atoms with van der Waals surface area (Å²) in [5.74, 6) is -1.31. The minimum Gasteiger partial charge on any atom is -0.454 e. The van der Waals surface area contributed by atoms with E-state index in [0.29, 0.717) is 30.6 Å². The van der Waals surface area contributed by atoms with Gasteiger partial charge in [0.05, 0.1) is 17.2 Å². The van der Waals surface area contributed by atoms with Crippen LogP contribution in [0.2, 0.25) is 0 Å². The summed E-state index contributed by atoms with van der Waals surface area (Å²) in [4.78, 5) is 40.9. The lowest BCUT2D eigenvalue weighted by molar-refractivity contribution is -0.134. The molecule has 1 heterocycles. The Morgan fingerprint density at radius 1 is 0.757 bits per heavy atom. The Labute approximate surface area is 218 Å². The molecule has 3 aromatic carbocycles. The molecule has 1 fully saturated rings. The molecule has 0 bridgehead atoms. The average molecular weight is 500 g/mol. The smallest absolute Gasteiger partial charge is 0.338 e. The highest BCUT2D eigenvalue weighted by Gasteiger charge is 2.47. The molecule has 0 amide bonds. The molecular formula is C31H33NO5. The maximum Gasteiger partial charge on any atom is 0.338 e. The van der Waals surface area contributed by atoms with Crippen LogP contribution in [0.15, 0.2) is 91.0 Å². The minimum atomic E-state index is -0.763. The average Bonchev–Trinajstić information content (AvgIpc) is 2.92. The van der Waals surface area contributed by atoms with Crippen LogP contribution in [0.5, 0.6) is 0 Å². The van der Waals surface area contributed by atoms with E-state index in [0.717, 1.165) is 5.56 Å². The number of carbonyl (C=O) groups is 3. The fourth-order valence-corrected chi connectivity index (χ4v) is 5.12. The first-order valence-corrected chi connectivity index (χ1v) is 12.8. The zero-order valence-corrected chi connectivity index (χ0v) is 21.3. The van der Waals surface area contributed by atoms with E-state index in [-0.39, 0.29) is 24.2 Å². The van der Waals surface area contributed by atoms with E-state index in [4.69, 9.17) is 9.47 Å². The topological polar surface area (TPSA) is 72.9 Å². The quantitative estimate of drug-likeness (QED) is 0.371. The molecule has 6 nitrogen and oxygen atoms in total. The Kier molecular flexibility index (Phi) is 8.86. The van der Waals surface area contributed by atoms with Gasteiger partial charge in [-0.1, -0.05) is 73.7 Å². The first-order valence-electron chi connectivity index (χ1n) is 12.8. The molecule has 0 radical (unpaired) electrons. The van der Waals surface area contributed by atoms with Crippen molar-refractivity contribution in [1.29, 1.82) is 0 Å². The lowest BCUT2D eigenvalue weighted by Crippen LogP contribution is -2.61. The van der Waals surface area contributed by atoms with Gasteiger partial charge in [0.2, 0.25) is 0 Å². The lowest BCUT2D eigenvalue weighted by Gasteiger charge is -2.47. The molecule has 1 saturated heterocycles. The van der Waals surface area contributed by atoms with E-state index >= 15 is 0 Å². The summed E-state index contributed by atoms with van der Waals surface area (Å²) in [6.07, 6.45) is -0.618. The molecule has 1 aliphatic rings. The number of Topliss-reactive ketones (excluding diaryl/α,β-unsaturated/α-hetero) is 1. The zero-order chi connectivity index (χ0) is 26.2. The molecule has 0 unspecified atom stereocenters. The van der Waals surface area contributed by atoms with Crippen LogP contribution >= 0.6 is 0 Å². The third kappa shape index (κ3) is 6.71. The van der Waals surface area contributed by atoms with Crippen LogP contribution in [0.3, 0.4) is 0 Å². The van der Waals surface area contributed by atoms with E-state index in [1.54, 1.807) is 48.5 Å². The van der Waals surface area contributed by atoms with E-state index in [9.17, 15) is 14.4 Å². The molecule has 4 rings (SSSR count). The van der Waals surface area contributed by atoms with Gasteiger partial charge in [0.1, 0.15) is 11.9 Å². The Balaban J connectivity index is 1.69. The number of nitrogens with zero attached hydrogens (tertiary/aromatic N) is 1. The lowest BCUT2D eigenvalue weighted by atomic mass is 9.82. The van der Waals surface area contributed by atoms with Crippen LogP contribution in [0.4, 0.5) is 0 Å². The second-order valence-electron chi connectivity index (χ2n) is 9.53. The third-order valence-corrected chi connectivity index (χ3v) is 6.81. The van der Waals surface area contributed by atoms with Gasteiger partial charge in [0.25, 0.3) is 0 Å².